The van der Waals surface area contributed by atoms with Crippen molar-refractivity contribution in [1.29, 1.82) is 0 Å². The Morgan fingerprint density at radius 2 is 1.95 bits per heavy atom. The van der Waals surface area contributed by atoms with Crippen molar-refractivity contribution in [2.24, 2.45) is 0 Å². The molecule has 0 saturated heterocycles. The molecule has 0 radical (unpaired) electrons. The van der Waals surface area contributed by atoms with Gasteiger partial charge in [-0.3, -0.25) is 0 Å². The molecule has 116 valence electrons. The number of ether oxygens (including phenoxy) is 1. The first-order chi connectivity index (χ1) is 10.5. The summed E-state index contributed by atoms with van der Waals surface area (Å²) in [5, 5.41) is 3.59. The Balaban J connectivity index is 2.19. The summed E-state index contributed by atoms with van der Waals surface area (Å²) in [4.78, 5) is 7.78. The van der Waals surface area contributed by atoms with E-state index < -0.39 is 11.9 Å². The Morgan fingerprint density at radius 3 is 2.55 bits per heavy atom. The highest BCUT2D eigenvalue weighted by atomic mass is 19.4. The normalized spacial score (nSPS) is 15.7. The summed E-state index contributed by atoms with van der Waals surface area (Å²) in [7, 11) is 0. The Hall–Kier alpha value is -2.42. The van der Waals surface area contributed by atoms with E-state index >= 15 is 0 Å². The molecule has 0 unspecified atom stereocenters. The lowest BCUT2D eigenvalue weighted by Crippen LogP contribution is -2.12. The molecule has 22 heavy (non-hydrogen) atoms. The largest absolute Gasteiger partial charge is 0.435 e. The van der Waals surface area contributed by atoms with E-state index in [1.807, 2.05) is 0 Å². The maximum Gasteiger partial charge on any atom is 0.435 e. The quantitative estimate of drug-likeness (QED) is 0.918. The summed E-state index contributed by atoms with van der Waals surface area (Å²) in [6, 6.07) is 1.55. The van der Waals surface area contributed by atoms with Gasteiger partial charge in [0.2, 0.25) is 0 Å². The summed E-state index contributed by atoms with van der Waals surface area (Å²) in [6.45, 7) is 0.592. The Labute approximate surface area is 123 Å². The third kappa shape index (κ3) is 2.54. The van der Waals surface area contributed by atoms with Crippen LogP contribution in [-0.2, 0) is 10.9 Å². The molecule has 9 heteroatoms. The molecule has 2 N–H and O–H groups in total. The van der Waals surface area contributed by atoms with Crippen molar-refractivity contribution in [3.8, 4) is 5.95 Å². The molecule has 0 bridgehead atoms. The summed E-state index contributed by atoms with van der Waals surface area (Å²) in [5.41, 5.74) is 5.21. The molecule has 0 aromatic carbocycles. The van der Waals surface area contributed by atoms with Crippen LogP contribution >= 0.6 is 0 Å². The average molecular weight is 311 g/mol. The third-order valence-corrected chi connectivity index (χ3v) is 3.22. The predicted molar refractivity (Wildman–Crippen MR) is 72.0 cm³/mol. The van der Waals surface area contributed by atoms with Crippen LogP contribution in [0.4, 0.5) is 19.0 Å². The van der Waals surface area contributed by atoms with Gasteiger partial charge in [-0.25, -0.2) is 9.97 Å². The van der Waals surface area contributed by atoms with Gasteiger partial charge >= 0.3 is 6.18 Å². The fraction of sp³-hybridized carbons (Fsp3) is 0.308. The molecule has 3 heterocycles. The van der Waals surface area contributed by atoms with Crippen LogP contribution in [0.3, 0.4) is 0 Å². The first-order valence-electron chi connectivity index (χ1n) is 6.48. The number of hydrogen-bond acceptors (Lipinski definition) is 5. The number of nitrogens with zero attached hydrogens (tertiary/aromatic N) is 4. The number of aromatic nitrogens is 4. The highest BCUT2D eigenvalue weighted by Crippen LogP contribution is 2.39. The second-order valence-corrected chi connectivity index (χ2v) is 4.62. The van der Waals surface area contributed by atoms with Gasteiger partial charge in [0.25, 0.3) is 5.95 Å². The van der Waals surface area contributed by atoms with Gasteiger partial charge in [-0.15, -0.1) is 0 Å². The van der Waals surface area contributed by atoms with E-state index in [4.69, 9.17) is 10.5 Å². The van der Waals surface area contributed by atoms with Gasteiger partial charge in [-0.1, -0.05) is 6.08 Å². The Bertz CT molecular complexity index is 708. The van der Waals surface area contributed by atoms with Crippen LogP contribution in [0.25, 0.3) is 11.5 Å². The van der Waals surface area contributed by atoms with Gasteiger partial charge in [-0.05, 0) is 18.1 Å². The number of alkyl halides is 3. The monoisotopic (exact) mass is 311 g/mol. The Kier molecular flexibility index (Phi) is 3.57. The summed E-state index contributed by atoms with van der Waals surface area (Å²) >= 11 is 0. The minimum absolute atomic E-state index is 0.00981. The maximum atomic E-state index is 13.3. The van der Waals surface area contributed by atoms with Crippen LogP contribution in [0, 0.1) is 0 Å². The second-order valence-electron chi connectivity index (χ2n) is 4.62. The molecule has 1 aliphatic rings. The lowest BCUT2D eigenvalue weighted by molar-refractivity contribution is -0.141. The number of rotatable bonds is 2. The van der Waals surface area contributed by atoms with Crippen molar-refractivity contribution in [2.75, 3.05) is 18.9 Å². The molecule has 0 amide bonds. The van der Waals surface area contributed by atoms with Gasteiger partial charge in [0.15, 0.2) is 5.69 Å². The predicted octanol–water partition coefficient (Wildman–Crippen LogP) is 2.07. The molecule has 0 spiro atoms. The van der Waals surface area contributed by atoms with Crippen LogP contribution < -0.4 is 5.73 Å². The number of nitrogen functional groups attached to an aromatic ring is 1. The molecular formula is C13H12F3N5O. The van der Waals surface area contributed by atoms with Gasteiger partial charge in [0, 0.05) is 12.4 Å². The molecule has 6 nitrogen and oxygen atoms in total. The summed E-state index contributed by atoms with van der Waals surface area (Å²) < 4.78 is 45.9. The van der Waals surface area contributed by atoms with Crippen molar-refractivity contribution in [1.82, 2.24) is 19.7 Å². The molecule has 0 saturated carbocycles. The average Bonchev–Trinajstić information content (AvgIpc) is 2.87. The van der Waals surface area contributed by atoms with E-state index in [9.17, 15) is 13.2 Å². The fourth-order valence-electron chi connectivity index (χ4n) is 2.25. The van der Waals surface area contributed by atoms with Crippen molar-refractivity contribution in [2.45, 2.75) is 12.6 Å². The number of nitrogens with two attached hydrogens (primary N) is 1. The zero-order chi connectivity index (χ0) is 15.7. The molecular weight excluding hydrogens is 299 g/mol. The Morgan fingerprint density at radius 1 is 1.23 bits per heavy atom. The zero-order valence-electron chi connectivity index (χ0n) is 11.3. The van der Waals surface area contributed by atoms with E-state index in [0.29, 0.717) is 18.6 Å². The molecule has 0 atom stereocenters. The van der Waals surface area contributed by atoms with Crippen molar-refractivity contribution in [3.05, 3.63) is 35.8 Å². The third-order valence-electron chi connectivity index (χ3n) is 3.22. The maximum absolute atomic E-state index is 13.3. The van der Waals surface area contributed by atoms with E-state index in [1.165, 1.54) is 12.4 Å². The lowest BCUT2D eigenvalue weighted by Gasteiger charge is -2.15. The van der Waals surface area contributed by atoms with Gasteiger partial charge in [0.05, 0.1) is 18.8 Å². The minimum atomic E-state index is -4.62. The first-order valence-corrected chi connectivity index (χ1v) is 6.48. The smallest absolute Gasteiger partial charge is 0.383 e. The molecule has 0 fully saturated rings. The van der Waals surface area contributed by atoms with E-state index in [2.05, 4.69) is 15.1 Å². The standard InChI is InChI=1S/C13H12F3N5O/c14-13(15,16)10-9(8-2-6-22-7-3-8)11(17)21(20-10)12-18-4-1-5-19-12/h1-2,4-5H,3,6-7,17H2. The lowest BCUT2D eigenvalue weighted by atomic mass is 10.0. The van der Waals surface area contributed by atoms with Gasteiger partial charge in [-0.2, -0.15) is 23.0 Å². The second kappa shape index (κ2) is 5.41. The molecule has 0 aliphatic carbocycles. The van der Waals surface area contributed by atoms with Crippen LogP contribution in [0.2, 0.25) is 0 Å². The van der Waals surface area contributed by atoms with Crippen LogP contribution in [0.15, 0.2) is 24.5 Å². The fourth-order valence-corrected chi connectivity index (χ4v) is 2.25. The molecule has 1 aliphatic heterocycles. The SMILES string of the molecule is Nc1c(C2=CCOCC2)c(C(F)(F)F)nn1-c1ncccn1. The first kappa shape index (κ1) is 14.5. The number of hydrogen-bond donors (Lipinski definition) is 1. The van der Waals surface area contributed by atoms with Crippen LogP contribution in [0.1, 0.15) is 17.7 Å². The van der Waals surface area contributed by atoms with Crippen molar-refractivity contribution >= 4 is 11.4 Å². The van der Waals surface area contributed by atoms with E-state index in [-0.39, 0.29) is 23.9 Å². The number of halogens is 3. The molecule has 3 rings (SSSR count). The number of anilines is 1. The molecule has 2 aromatic rings. The highest BCUT2D eigenvalue weighted by Gasteiger charge is 2.40. The van der Waals surface area contributed by atoms with Crippen molar-refractivity contribution in [3.63, 3.8) is 0 Å². The zero-order valence-corrected chi connectivity index (χ0v) is 11.3. The van der Waals surface area contributed by atoms with Gasteiger partial charge in [0.1, 0.15) is 5.82 Å². The van der Waals surface area contributed by atoms with Crippen molar-refractivity contribution < 1.29 is 17.9 Å². The highest BCUT2D eigenvalue weighted by molar-refractivity contribution is 5.76. The van der Waals surface area contributed by atoms with Gasteiger partial charge < -0.3 is 10.5 Å². The summed E-state index contributed by atoms with van der Waals surface area (Å²) in [6.07, 6.45) is 0.119. The van der Waals surface area contributed by atoms with Crippen LogP contribution in [-0.4, -0.2) is 33.0 Å². The van der Waals surface area contributed by atoms with Crippen LogP contribution in [0.5, 0.6) is 0 Å². The molecule has 2 aromatic heterocycles. The van der Waals surface area contributed by atoms with E-state index in [1.54, 1.807) is 12.1 Å². The minimum Gasteiger partial charge on any atom is -0.383 e. The topological polar surface area (TPSA) is 78.9 Å². The van der Waals surface area contributed by atoms with E-state index in [0.717, 1.165) is 4.68 Å². The summed E-state index contributed by atoms with van der Waals surface area (Å²) in [5.74, 6) is -0.143.